The van der Waals surface area contributed by atoms with Gasteiger partial charge in [0.15, 0.2) is 0 Å². The lowest BCUT2D eigenvalue weighted by Gasteiger charge is -2.17. The molecule has 0 aromatic carbocycles. The zero-order valence-electron chi connectivity index (χ0n) is 17.3. The number of aliphatic hydroxyl groups is 2. The van der Waals surface area contributed by atoms with Gasteiger partial charge in [0.25, 0.3) is 0 Å². The predicted octanol–water partition coefficient (Wildman–Crippen LogP) is 2.70. The molecule has 1 aliphatic carbocycles. The number of methoxy groups -OCH3 is 2. The summed E-state index contributed by atoms with van der Waals surface area (Å²) in [6.45, 7) is 0.563. The van der Waals surface area contributed by atoms with Crippen LogP contribution in [0.2, 0.25) is 0 Å². The van der Waals surface area contributed by atoms with Crippen LogP contribution >= 0.6 is 34.9 Å². The third-order valence-corrected chi connectivity index (χ3v) is 8.23. The first-order valence-corrected chi connectivity index (χ1v) is 12.9. The van der Waals surface area contributed by atoms with Gasteiger partial charge in [-0.15, -0.1) is 23.1 Å². The molecule has 0 saturated heterocycles. The monoisotopic (exact) mass is 474 g/mol. The zero-order valence-corrected chi connectivity index (χ0v) is 19.8. The van der Waals surface area contributed by atoms with Gasteiger partial charge in [-0.1, -0.05) is 12.2 Å². The molecule has 0 radical (unpaired) electrons. The van der Waals surface area contributed by atoms with E-state index in [9.17, 15) is 19.8 Å². The summed E-state index contributed by atoms with van der Waals surface area (Å²) in [5.41, 5.74) is 0. The third-order valence-electron chi connectivity index (χ3n) is 4.67. The molecule has 0 amide bonds. The molecule has 0 spiro atoms. The summed E-state index contributed by atoms with van der Waals surface area (Å²) in [6, 6.07) is 3.98. The second-order valence-corrected chi connectivity index (χ2v) is 10.7. The molecule has 1 saturated carbocycles. The van der Waals surface area contributed by atoms with Gasteiger partial charge in [-0.2, -0.15) is 11.8 Å². The largest absolute Gasteiger partial charge is 0.468 e. The Morgan fingerprint density at radius 3 is 2.83 bits per heavy atom. The van der Waals surface area contributed by atoms with E-state index >= 15 is 0 Å². The number of Topliss-reactive ketones (excluding diaryl/α,β-unsaturated/α-hetero) is 1. The number of ketones is 1. The maximum atomic E-state index is 12.3. The minimum atomic E-state index is -0.706. The van der Waals surface area contributed by atoms with Crippen molar-refractivity contribution in [1.82, 2.24) is 0 Å². The lowest BCUT2D eigenvalue weighted by Crippen LogP contribution is -2.22. The van der Waals surface area contributed by atoms with Crippen LogP contribution < -0.4 is 0 Å². The van der Waals surface area contributed by atoms with Gasteiger partial charge < -0.3 is 19.7 Å². The van der Waals surface area contributed by atoms with Crippen LogP contribution in [-0.4, -0.2) is 70.9 Å². The van der Waals surface area contributed by atoms with Gasteiger partial charge in [0.05, 0.1) is 36.9 Å². The summed E-state index contributed by atoms with van der Waals surface area (Å²) >= 11 is 4.67. The Balaban J connectivity index is 1.79. The average molecular weight is 475 g/mol. The molecule has 1 fully saturated rings. The lowest BCUT2D eigenvalue weighted by atomic mass is 10.0. The standard InChI is InChI=1S/C21H30O6S3/c1-26-12-16-6-5-15(30-16)10-14(22)4-7-17-18(23)11-19(24)21(17)29-9-3-8-28-13-20(25)27-2/h4-7,14,17-18,21-23H,3,8-13H2,1-2H3/b7-4+/t14-,17?,18+,21?/m0/s1. The number of thiophene rings is 1. The molecule has 1 aromatic rings. The van der Waals surface area contributed by atoms with E-state index in [4.69, 9.17) is 4.74 Å². The molecule has 6 nitrogen and oxygen atoms in total. The molecule has 2 unspecified atom stereocenters. The first-order valence-electron chi connectivity index (χ1n) is 9.84. The number of carbonyl (C=O) groups is 2. The van der Waals surface area contributed by atoms with Crippen LogP contribution in [0.3, 0.4) is 0 Å². The van der Waals surface area contributed by atoms with Crippen molar-refractivity contribution >= 4 is 46.6 Å². The summed E-state index contributed by atoms with van der Waals surface area (Å²) in [7, 11) is 3.03. The molecule has 2 N–H and O–H groups in total. The van der Waals surface area contributed by atoms with Crippen molar-refractivity contribution < 1.29 is 29.3 Å². The Kier molecular flexibility index (Phi) is 11.5. The molecule has 4 atom stereocenters. The van der Waals surface area contributed by atoms with E-state index in [1.165, 1.54) is 18.9 Å². The first-order chi connectivity index (χ1) is 14.4. The molecule has 2 rings (SSSR count). The second kappa shape index (κ2) is 13.5. The van der Waals surface area contributed by atoms with E-state index in [1.54, 1.807) is 42.4 Å². The summed E-state index contributed by atoms with van der Waals surface area (Å²) < 4.78 is 9.72. The third kappa shape index (κ3) is 8.36. The molecule has 1 aliphatic rings. The van der Waals surface area contributed by atoms with Gasteiger partial charge >= 0.3 is 5.97 Å². The van der Waals surface area contributed by atoms with Crippen LogP contribution in [0.5, 0.6) is 0 Å². The summed E-state index contributed by atoms with van der Waals surface area (Å²) in [5.74, 6) is 1.47. The normalized spacial score (nSPS) is 22.7. The Labute approximate surface area is 190 Å². The first kappa shape index (κ1) is 25.4. The van der Waals surface area contributed by atoms with Crippen molar-refractivity contribution in [1.29, 1.82) is 0 Å². The van der Waals surface area contributed by atoms with Gasteiger partial charge in [-0.3, -0.25) is 9.59 Å². The van der Waals surface area contributed by atoms with Crippen LogP contribution in [0.4, 0.5) is 0 Å². The van der Waals surface area contributed by atoms with Crippen molar-refractivity contribution in [2.45, 2.75) is 43.3 Å². The van der Waals surface area contributed by atoms with Gasteiger partial charge in [0, 0.05) is 35.6 Å². The van der Waals surface area contributed by atoms with Crippen molar-refractivity contribution in [2.75, 3.05) is 31.5 Å². The highest BCUT2D eigenvalue weighted by Gasteiger charge is 2.40. The number of ether oxygens (including phenoxy) is 2. The number of hydrogen-bond acceptors (Lipinski definition) is 9. The predicted molar refractivity (Wildman–Crippen MR) is 123 cm³/mol. The van der Waals surface area contributed by atoms with Crippen LogP contribution in [0.15, 0.2) is 24.3 Å². The molecule has 0 bridgehead atoms. The maximum Gasteiger partial charge on any atom is 0.315 e. The minimum Gasteiger partial charge on any atom is -0.468 e. The summed E-state index contributed by atoms with van der Waals surface area (Å²) in [4.78, 5) is 25.6. The molecular weight excluding hydrogens is 444 g/mol. The second-order valence-electron chi connectivity index (χ2n) is 7.05. The van der Waals surface area contributed by atoms with E-state index in [2.05, 4.69) is 4.74 Å². The lowest BCUT2D eigenvalue weighted by molar-refractivity contribution is -0.137. The topological polar surface area (TPSA) is 93.1 Å². The highest BCUT2D eigenvalue weighted by Crippen LogP contribution is 2.34. The molecular formula is C21H30O6S3. The van der Waals surface area contributed by atoms with Gasteiger partial charge in [-0.25, -0.2) is 0 Å². The molecule has 1 heterocycles. The van der Waals surface area contributed by atoms with E-state index in [0.717, 1.165) is 27.7 Å². The number of hydrogen-bond donors (Lipinski definition) is 2. The van der Waals surface area contributed by atoms with E-state index in [1.807, 2.05) is 12.1 Å². The smallest absolute Gasteiger partial charge is 0.315 e. The summed E-state index contributed by atoms with van der Waals surface area (Å²) in [5, 5.41) is 20.4. The number of carbonyl (C=O) groups excluding carboxylic acids is 2. The fourth-order valence-electron chi connectivity index (χ4n) is 3.18. The van der Waals surface area contributed by atoms with Crippen LogP contribution in [0.1, 0.15) is 22.6 Å². The number of aliphatic hydroxyl groups excluding tert-OH is 2. The summed E-state index contributed by atoms with van der Waals surface area (Å²) in [6.07, 6.45) is 3.65. The van der Waals surface area contributed by atoms with Crippen LogP contribution in [0.25, 0.3) is 0 Å². The minimum absolute atomic E-state index is 0.0568. The van der Waals surface area contributed by atoms with Gasteiger partial charge in [-0.05, 0) is 30.1 Å². The average Bonchev–Trinajstić information content (AvgIpc) is 3.26. The van der Waals surface area contributed by atoms with E-state index in [0.29, 0.717) is 18.8 Å². The van der Waals surface area contributed by atoms with E-state index in [-0.39, 0.29) is 29.3 Å². The molecule has 168 valence electrons. The van der Waals surface area contributed by atoms with Crippen LogP contribution in [-0.2, 0) is 32.1 Å². The Morgan fingerprint density at radius 1 is 1.33 bits per heavy atom. The van der Waals surface area contributed by atoms with Crippen molar-refractivity contribution in [3.63, 3.8) is 0 Å². The number of thioether (sulfide) groups is 2. The van der Waals surface area contributed by atoms with Crippen molar-refractivity contribution in [3.8, 4) is 0 Å². The van der Waals surface area contributed by atoms with Gasteiger partial charge in [0.1, 0.15) is 5.78 Å². The maximum absolute atomic E-state index is 12.3. The van der Waals surface area contributed by atoms with E-state index < -0.39 is 12.2 Å². The zero-order chi connectivity index (χ0) is 21.9. The SMILES string of the molecule is COCc1ccc(C[C@@H](O)/C=C/C2C(SCCCSCC(=O)OC)C(=O)C[C@H]2O)s1. The fraction of sp³-hybridized carbons (Fsp3) is 0.619. The van der Waals surface area contributed by atoms with Gasteiger partial charge in [0.2, 0.25) is 0 Å². The molecule has 0 aliphatic heterocycles. The van der Waals surface area contributed by atoms with Crippen molar-refractivity contribution in [3.05, 3.63) is 34.0 Å². The Bertz CT molecular complexity index is 705. The highest BCUT2D eigenvalue weighted by molar-refractivity contribution is 8.01. The number of esters is 1. The molecule has 9 heteroatoms. The molecule has 30 heavy (non-hydrogen) atoms. The quantitative estimate of drug-likeness (QED) is 0.256. The van der Waals surface area contributed by atoms with Crippen molar-refractivity contribution in [2.24, 2.45) is 5.92 Å². The van der Waals surface area contributed by atoms with Crippen LogP contribution in [0, 0.1) is 5.92 Å². The number of rotatable bonds is 13. The Hall–Kier alpha value is -0.840. The highest BCUT2D eigenvalue weighted by atomic mass is 32.2. The molecule has 1 aromatic heterocycles. The fourth-order valence-corrected chi connectivity index (χ4v) is 6.52. The Morgan fingerprint density at radius 2 is 2.10 bits per heavy atom.